The van der Waals surface area contributed by atoms with Gasteiger partial charge in [0.15, 0.2) is 0 Å². The van der Waals surface area contributed by atoms with Crippen LogP contribution in [0.3, 0.4) is 0 Å². The molecule has 0 bridgehead atoms. The summed E-state index contributed by atoms with van der Waals surface area (Å²) in [4.78, 5) is 28.3. The van der Waals surface area contributed by atoms with Crippen LogP contribution in [0, 0.1) is 5.41 Å². The summed E-state index contributed by atoms with van der Waals surface area (Å²) < 4.78 is 5.32. The lowest BCUT2D eigenvalue weighted by molar-refractivity contribution is -0.126. The van der Waals surface area contributed by atoms with E-state index in [1.54, 1.807) is 6.26 Å². The van der Waals surface area contributed by atoms with Crippen molar-refractivity contribution in [3.05, 3.63) is 36.1 Å². The Morgan fingerprint density at radius 2 is 2.00 bits per heavy atom. The molecule has 2 aliphatic rings. The van der Waals surface area contributed by atoms with Crippen LogP contribution < -0.4 is 0 Å². The lowest BCUT2D eigenvalue weighted by Gasteiger charge is -2.38. The van der Waals surface area contributed by atoms with Crippen LogP contribution in [0.2, 0.25) is 0 Å². The third-order valence-corrected chi connectivity index (χ3v) is 5.34. The first kappa shape index (κ1) is 14.3. The lowest BCUT2D eigenvalue weighted by Crippen LogP contribution is -2.44. The first-order valence-corrected chi connectivity index (χ1v) is 8.07. The fourth-order valence-corrected chi connectivity index (χ4v) is 3.90. The Balaban J connectivity index is 1.47. The van der Waals surface area contributed by atoms with Gasteiger partial charge >= 0.3 is 0 Å². The molecule has 2 fully saturated rings. The number of benzene rings is 1. The molecule has 1 spiro atoms. The van der Waals surface area contributed by atoms with Crippen LogP contribution in [0.25, 0.3) is 11.0 Å². The minimum absolute atomic E-state index is 0.0700. The van der Waals surface area contributed by atoms with E-state index in [4.69, 9.17) is 4.42 Å². The molecule has 4 rings (SSSR count). The fourth-order valence-electron chi connectivity index (χ4n) is 3.90. The van der Waals surface area contributed by atoms with E-state index in [-0.39, 0.29) is 17.2 Å². The molecule has 0 saturated carbocycles. The zero-order chi connectivity index (χ0) is 16.0. The zero-order valence-electron chi connectivity index (χ0n) is 13.2. The van der Waals surface area contributed by atoms with Crippen molar-refractivity contribution < 1.29 is 14.0 Å². The molecule has 3 heterocycles. The number of fused-ring (bicyclic) bond motifs is 1. The van der Waals surface area contributed by atoms with Crippen molar-refractivity contribution >= 4 is 22.8 Å². The first-order chi connectivity index (χ1) is 11.1. The Bertz CT molecular complexity index is 771. The largest absolute Gasteiger partial charge is 0.464 e. The Labute approximate surface area is 134 Å². The molecule has 23 heavy (non-hydrogen) atoms. The molecule has 0 atom stereocenters. The molecule has 2 saturated heterocycles. The Morgan fingerprint density at radius 3 is 2.70 bits per heavy atom. The van der Waals surface area contributed by atoms with E-state index >= 15 is 0 Å². The van der Waals surface area contributed by atoms with Gasteiger partial charge in [0.25, 0.3) is 5.91 Å². The van der Waals surface area contributed by atoms with E-state index in [9.17, 15) is 9.59 Å². The molecular formula is C18H20N2O3. The molecular weight excluding hydrogens is 292 g/mol. The molecule has 5 nitrogen and oxygen atoms in total. The van der Waals surface area contributed by atoms with Crippen molar-refractivity contribution in [2.45, 2.75) is 19.3 Å². The second-order valence-corrected chi connectivity index (χ2v) is 6.89. The van der Waals surface area contributed by atoms with E-state index < -0.39 is 0 Å². The standard InChI is InChI=1S/C18H20N2O3/c1-19-12-18(11-16(19)21)5-7-20(8-6-18)17(22)14-2-3-15-13(10-14)4-9-23-15/h2-4,9-10H,5-8,11-12H2,1H3. The average molecular weight is 312 g/mol. The second kappa shape index (κ2) is 5.11. The van der Waals surface area contributed by atoms with Crippen molar-refractivity contribution in [1.82, 2.24) is 9.80 Å². The highest BCUT2D eigenvalue weighted by Gasteiger charge is 2.44. The average Bonchev–Trinajstić information content (AvgIpc) is 3.12. The number of carbonyl (C=O) groups is 2. The molecule has 0 unspecified atom stereocenters. The Morgan fingerprint density at radius 1 is 1.22 bits per heavy atom. The second-order valence-electron chi connectivity index (χ2n) is 6.89. The molecule has 0 aliphatic carbocycles. The number of amides is 2. The summed E-state index contributed by atoms with van der Waals surface area (Å²) in [5, 5.41) is 0.951. The SMILES string of the molecule is CN1CC2(CCN(C(=O)c3ccc4occc4c3)CC2)CC1=O. The molecule has 5 heteroatoms. The Kier molecular flexibility index (Phi) is 3.18. The molecule has 120 valence electrons. The summed E-state index contributed by atoms with van der Waals surface area (Å²) in [6.07, 6.45) is 4.08. The van der Waals surface area contributed by atoms with Crippen molar-refractivity contribution in [2.75, 3.05) is 26.7 Å². The van der Waals surface area contributed by atoms with Gasteiger partial charge in [-0.15, -0.1) is 0 Å². The van der Waals surface area contributed by atoms with Crippen molar-refractivity contribution in [3.63, 3.8) is 0 Å². The van der Waals surface area contributed by atoms with Gasteiger partial charge in [0.2, 0.25) is 5.91 Å². The number of rotatable bonds is 1. The van der Waals surface area contributed by atoms with Gasteiger partial charge in [-0.05, 0) is 37.1 Å². The summed E-state index contributed by atoms with van der Waals surface area (Å²) in [5.74, 6) is 0.302. The maximum absolute atomic E-state index is 12.7. The molecule has 0 N–H and O–H groups in total. The minimum atomic E-state index is 0.0700. The van der Waals surface area contributed by atoms with Crippen LogP contribution in [0.1, 0.15) is 29.6 Å². The van der Waals surface area contributed by atoms with Crippen LogP contribution in [0.4, 0.5) is 0 Å². The van der Waals surface area contributed by atoms with E-state index in [0.29, 0.717) is 12.0 Å². The van der Waals surface area contributed by atoms with Crippen LogP contribution in [0.15, 0.2) is 34.9 Å². The zero-order valence-corrected chi connectivity index (χ0v) is 13.2. The number of carbonyl (C=O) groups excluding carboxylic acids is 2. The topological polar surface area (TPSA) is 53.8 Å². The normalized spacial score (nSPS) is 20.7. The molecule has 1 aromatic heterocycles. The van der Waals surface area contributed by atoms with Crippen LogP contribution in [0.5, 0.6) is 0 Å². The summed E-state index contributed by atoms with van der Waals surface area (Å²) in [6, 6.07) is 7.43. The van der Waals surface area contributed by atoms with E-state index in [1.807, 2.05) is 41.1 Å². The third kappa shape index (κ3) is 2.40. The van der Waals surface area contributed by atoms with Crippen LogP contribution in [-0.2, 0) is 4.79 Å². The highest BCUT2D eigenvalue weighted by Crippen LogP contribution is 2.40. The van der Waals surface area contributed by atoms with Gasteiger partial charge in [-0.2, -0.15) is 0 Å². The third-order valence-electron chi connectivity index (χ3n) is 5.34. The predicted molar refractivity (Wildman–Crippen MR) is 86.0 cm³/mol. The summed E-state index contributed by atoms with van der Waals surface area (Å²) in [6.45, 7) is 2.28. The summed E-state index contributed by atoms with van der Waals surface area (Å²) >= 11 is 0. The first-order valence-electron chi connectivity index (χ1n) is 8.07. The maximum atomic E-state index is 12.7. The van der Waals surface area contributed by atoms with E-state index in [2.05, 4.69) is 0 Å². The number of hydrogen-bond acceptors (Lipinski definition) is 3. The molecule has 2 amide bonds. The maximum Gasteiger partial charge on any atom is 0.253 e. The van der Waals surface area contributed by atoms with E-state index in [1.165, 1.54) is 0 Å². The molecule has 2 aliphatic heterocycles. The minimum Gasteiger partial charge on any atom is -0.464 e. The number of nitrogens with zero attached hydrogens (tertiary/aromatic N) is 2. The number of piperidine rings is 1. The number of hydrogen-bond donors (Lipinski definition) is 0. The predicted octanol–water partition coefficient (Wildman–Crippen LogP) is 2.52. The molecule has 0 radical (unpaired) electrons. The van der Waals surface area contributed by atoms with Crippen molar-refractivity contribution in [2.24, 2.45) is 5.41 Å². The molecule has 1 aromatic carbocycles. The summed E-state index contributed by atoms with van der Waals surface area (Å²) in [7, 11) is 1.87. The van der Waals surface area contributed by atoms with Gasteiger partial charge in [-0.1, -0.05) is 0 Å². The quantitative estimate of drug-likeness (QED) is 0.813. The monoisotopic (exact) mass is 312 g/mol. The van der Waals surface area contributed by atoms with Gasteiger partial charge in [0.1, 0.15) is 5.58 Å². The molecule has 2 aromatic rings. The lowest BCUT2D eigenvalue weighted by atomic mass is 9.77. The van der Waals surface area contributed by atoms with Gasteiger partial charge in [0, 0.05) is 49.5 Å². The number of furan rings is 1. The highest BCUT2D eigenvalue weighted by atomic mass is 16.3. The van der Waals surface area contributed by atoms with E-state index in [0.717, 1.165) is 43.4 Å². The van der Waals surface area contributed by atoms with Gasteiger partial charge in [-0.3, -0.25) is 9.59 Å². The van der Waals surface area contributed by atoms with Crippen LogP contribution in [-0.4, -0.2) is 48.3 Å². The highest BCUT2D eigenvalue weighted by molar-refractivity contribution is 5.97. The number of likely N-dealkylation sites (tertiary alicyclic amines) is 2. The van der Waals surface area contributed by atoms with Gasteiger partial charge in [0.05, 0.1) is 6.26 Å². The van der Waals surface area contributed by atoms with Gasteiger partial charge in [-0.25, -0.2) is 0 Å². The van der Waals surface area contributed by atoms with Gasteiger partial charge < -0.3 is 14.2 Å². The fraction of sp³-hybridized carbons (Fsp3) is 0.444. The van der Waals surface area contributed by atoms with Crippen molar-refractivity contribution in [1.29, 1.82) is 0 Å². The van der Waals surface area contributed by atoms with Crippen molar-refractivity contribution in [3.8, 4) is 0 Å². The Hall–Kier alpha value is -2.30. The smallest absolute Gasteiger partial charge is 0.253 e. The van der Waals surface area contributed by atoms with Crippen LogP contribution >= 0.6 is 0 Å². The summed E-state index contributed by atoms with van der Waals surface area (Å²) in [5.41, 5.74) is 1.58.